The van der Waals surface area contributed by atoms with Crippen molar-refractivity contribution in [1.29, 1.82) is 0 Å². The predicted molar refractivity (Wildman–Crippen MR) is 144 cm³/mol. The van der Waals surface area contributed by atoms with E-state index in [1.165, 1.54) is 12.6 Å². The standard InChI is InChI=1S/C20H16N4O2.C7H7N5O/c1-3-17-22-19-18(20(25)24(17)16-7-5-4-6-8-16)15(13-26-19)10-9-14-11-21-23(2)12-14;8-5-4(6(9)13)7-10-1-2-12(7)3-11-5/h4-8,11-13H,3H2,1-2H3;1-3H,8H2,(H2,9,13). The molecule has 5 heterocycles. The molecule has 5 aromatic heterocycles. The van der Waals surface area contributed by atoms with E-state index in [-0.39, 0.29) is 16.9 Å². The van der Waals surface area contributed by atoms with Gasteiger partial charge in [0, 0.05) is 32.1 Å². The second kappa shape index (κ2) is 10.3. The van der Waals surface area contributed by atoms with Crippen LogP contribution < -0.4 is 17.0 Å². The molecule has 0 saturated heterocycles. The minimum atomic E-state index is -0.623. The number of rotatable bonds is 3. The Morgan fingerprint density at radius 3 is 2.64 bits per heavy atom. The SMILES string of the molecule is CCc1nc2occ(C#Cc3cnn(C)c3)c2c(=O)n1-c1ccccc1.NC(=O)c1c(N)ncn2ccnc12. The maximum atomic E-state index is 13.2. The molecule has 6 aromatic rings. The molecular formula is C27H23N9O3. The van der Waals surface area contributed by atoms with E-state index in [1.54, 1.807) is 32.2 Å². The van der Waals surface area contributed by atoms with Crippen LogP contribution in [0.4, 0.5) is 5.82 Å². The van der Waals surface area contributed by atoms with E-state index >= 15 is 0 Å². The number of primary amides is 1. The molecular weight excluding hydrogens is 498 g/mol. The van der Waals surface area contributed by atoms with Gasteiger partial charge in [-0.1, -0.05) is 37.0 Å². The highest BCUT2D eigenvalue weighted by Crippen LogP contribution is 2.18. The molecule has 1 aromatic carbocycles. The number of para-hydroxylation sites is 1. The highest BCUT2D eigenvalue weighted by Gasteiger charge is 2.17. The fourth-order valence-corrected chi connectivity index (χ4v) is 3.97. The fraction of sp³-hybridized carbons (Fsp3) is 0.111. The molecule has 0 spiro atoms. The molecule has 194 valence electrons. The van der Waals surface area contributed by atoms with Gasteiger partial charge < -0.3 is 15.9 Å². The number of anilines is 1. The number of nitrogens with two attached hydrogens (primary N) is 2. The first-order valence-corrected chi connectivity index (χ1v) is 11.8. The fourth-order valence-electron chi connectivity index (χ4n) is 3.97. The molecule has 4 N–H and O–H groups in total. The smallest absolute Gasteiger partial charge is 0.270 e. The lowest BCUT2D eigenvalue weighted by molar-refractivity contribution is 0.100. The molecule has 39 heavy (non-hydrogen) atoms. The molecule has 0 fully saturated rings. The van der Waals surface area contributed by atoms with Gasteiger partial charge in [-0.3, -0.25) is 23.2 Å². The molecule has 6 rings (SSSR count). The lowest BCUT2D eigenvalue weighted by Crippen LogP contribution is -2.23. The van der Waals surface area contributed by atoms with E-state index in [2.05, 4.69) is 31.9 Å². The lowest BCUT2D eigenvalue weighted by Gasteiger charge is -2.10. The Bertz CT molecular complexity index is 1940. The maximum Gasteiger partial charge on any atom is 0.270 e. The van der Waals surface area contributed by atoms with Crippen molar-refractivity contribution in [2.75, 3.05) is 5.73 Å². The summed E-state index contributed by atoms with van der Waals surface area (Å²) in [6.45, 7) is 1.96. The first-order chi connectivity index (χ1) is 18.9. The topological polar surface area (TPSA) is 165 Å². The molecule has 1 amide bonds. The van der Waals surface area contributed by atoms with Crippen molar-refractivity contribution in [3.05, 3.63) is 101 Å². The molecule has 12 nitrogen and oxygen atoms in total. The Labute approximate surface area is 221 Å². The van der Waals surface area contributed by atoms with Crippen molar-refractivity contribution >= 4 is 28.5 Å². The summed E-state index contributed by atoms with van der Waals surface area (Å²) in [6.07, 6.45) is 10.3. The summed E-state index contributed by atoms with van der Waals surface area (Å²) in [4.78, 5) is 36.4. The monoisotopic (exact) mass is 521 g/mol. The van der Waals surface area contributed by atoms with Gasteiger partial charge in [0.15, 0.2) is 5.65 Å². The van der Waals surface area contributed by atoms with Crippen LogP contribution in [0.3, 0.4) is 0 Å². The number of carbonyl (C=O) groups is 1. The molecule has 0 aliphatic heterocycles. The van der Waals surface area contributed by atoms with Crippen LogP contribution in [0.1, 0.15) is 34.2 Å². The summed E-state index contributed by atoms with van der Waals surface area (Å²) in [5.41, 5.74) is 13.4. The zero-order chi connectivity index (χ0) is 27.5. The zero-order valence-electron chi connectivity index (χ0n) is 21.1. The van der Waals surface area contributed by atoms with Crippen molar-refractivity contribution in [1.82, 2.24) is 33.7 Å². The molecule has 0 radical (unpaired) electrons. The van der Waals surface area contributed by atoms with Gasteiger partial charge in [0.05, 0.1) is 23.0 Å². The Kier molecular flexibility index (Phi) is 6.63. The molecule has 12 heteroatoms. The third kappa shape index (κ3) is 4.84. The molecule has 0 saturated carbocycles. The van der Waals surface area contributed by atoms with Crippen molar-refractivity contribution < 1.29 is 9.21 Å². The second-order valence-electron chi connectivity index (χ2n) is 8.37. The quantitative estimate of drug-likeness (QED) is 0.334. The van der Waals surface area contributed by atoms with Gasteiger partial charge in [-0.15, -0.1) is 0 Å². The van der Waals surface area contributed by atoms with Gasteiger partial charge in [-0.25, -0.2) is 9.97 Å². The number of hydrogen-bond acceptors (Lipinski definition) is 8. The van der Waals surface area contributed by atoms with E-state index < -0.39 is 5.91 Å². The van der Waals surface area contributed by atoms with Crippen LogP contribution in [0.5, 0.6) is 0 Å². The summed E-state index contributed by atoms with van der Waals surface area (Å²) in [7, 11) is 1.83. The first-order valence-electron chi connectivity index (χ1n) is 11.8. The number of aryl methyl sites for hydroxylation is 2. The van der Waals surface area contributed by atoms with Crippen molar-refractivity contribution in [2.24, 2.45) is 12.8 Å². The summed E-state index contributed by atoms with van der Waals surface area (Å²) in [5, 5.41) is 4.48. The minimum absolute atomic E-state index is 0.103. The van der Waals surface area contributed by atoms with E-state index in [4.69, 9.17) is 15.9 Å². The number of furan rings is 1. The van der Waals surface area contributed by atoms with Crippen LogP contribution in [-0.2, 0) is 13.5 Å². The number of fused-ring (bicyclic) bond motifs is 2. The number of aromatic nitrogens is 7. The van der Waals surface area contributed by atoms with E-state index in [0.29, 0.717) is 34.6 Å². The third-order valence-electron chi connectivity index (χ3n) is 5.77. The van der Waals surface area contributed by atoms with Crippen molar-refractivity contribution in [3.8, 4) is 17.5 Å². The van der Waals surface area contributed by atoms with Crippen molar-refractivity contribution in [2.45, 2.75) is 13.3 Å². The number of imidazole rings is 1. The number of benzene rings is 1. The van der Waals surface area contributed by atoms with E-state index in [1.807, 2.05) is 50.5 Å². The molecule has 0 unspecified atom stereocenters. The normalized spacial score (nSPS) is 10.6. The summed E-state index contributed by atoms with van der Waals surface area (Å²) < 4.78 is 10.4. The van der Waals surface area contributed by atoms with Crippen LogP contribution in [0.2, 0.25) is 0 Å². The van der Waals surface area contributed by atoms with Crippen LogP contribution in [0.25, 0.3) is 22.4 Å². The highest BCUT2D eigenvalue weighted by atomic mass is 16.3. The zero-order valence-corrected chi connectivity index (χ0v) is 21.1. The van der Waals surface area contributed by atoms with Crippen molar-refractivity contribution in [3.63, 3.8) is 0 Å². The Hall–Kier alpha value is -5.70. The third-order valence-corrected chi connectivity index (χ3v) is 5.77. The average Bonchev–Trinajstić information content (AvgIpc) is 3.67. The molecule has 0 aliphatic carbocycles. The second-order valence-corrected chi connectivity index (χ2v) is 8.37. The summed E-state index contributed by atoms with van der Waals surface area (Å²) in [5.74, 6) is 6.14. The minimum Gasteiger partial charge on any atom is -0.445 e. The van der Waals surface area contributed by atoms with Gasteiger partial charge in [0.1, 0.15) is 35.2 Å². The van der Waals surface area contributed by atoms with Gasteiger partial charge in [0.25, 0.3) is 11.5 Å². The van der Waals surface area contributed by atoms with Crippen LogP contribution in [0.15, 0.2) is 76.9 Å². The number of nitrogen functional groups attached to an aromatic ring is 1. The summed E-state index contributed by atoms with van der Waals surface area (Å²) >= 11 is 0. The van der Waals surface area contributed by atoms with Gasteiger partial charge in [0.2, 0.25) is 5.71 Å². The van der Waals surface area contributed by atoms with Crippen LogP contribution in [0, 0.1) is 11.8 Å². The Balaban J connectivity index is 0.000000198. The van der Waals surface area contributed by atoms with Crippen LogP contribution >= 0.6 is 0 Å². The lowest BCUT2D eigenvalue weighted by atomic mass is 10.2. The van der Waals surface area contributed by atoms with Crippen LogP contribution in [-0.4, -0.2) is 39.6 Å². The number of nitrogens with zero attached hydrogens (tertiary/aromatic N) is 7. The number of amides is 1. The summed E-state index contributed by atoms with van der Waals surface area (Å²) in [6, 6.07) is 9.47. The number of hydrogen-bond donors (Lipinski definition) is 2. The number of carbonyl (C=O) groups excluding carboxylic acids is 1. The average molecular weight is 522 g/mol. The predicted octanol–water partition coefficient (Wildman–Crippen LogP) is 2.08. The largest absolute Gasteiger partial charge is 0.445 e. The Morgan fingerprint density at radius 1 is 1.15 bits per heavy atom. The van der Waals surface area contributed by atoms with E-state index in [9.17, 15) is 9.59 Å². The first kappa shape index (κ1) is 25.0. The molecule has 0 bridgehead atoms. The highest BCUT2D eigenvalue weighted by molar-refractivity contribution is 6.02. The van der Waals surface area contributed by atoms with E-state index in [0.717, 1.165) is 11.3 Å². The maximum absolute atomic E-state index is 13.2. The van der Waals surface area contributed by atoms with Gasteiger partial charge >= 0.3 is 0 Å². The molecule has 0 aliphatic rings. The van der Waals surface area contributed by atoms with Gasteiger partial charge in [-0.05, 0) is 12.1 Å². The Morgan fingerprint density at radius 2 is 1.95 bits per heavy atom. The van der Waals surface area contributed by atoms with Gasteiger partial charge in [-0.2, -0.15) is 10.1 Å². The molecule has 0 atom stereocenters.